The van der Waals surface area contributed by atoms with Gasteiger partial charge in [0, 0.05) is 16.7 Å². The highest BCUT2D eigenvalue weighted by Crippen LogP contribution is 2.58. The summed E-state index contributed by atoms with van der Waals surface area (Å²) < 4.78 is 0. The Kier molecular flexibility index (Phi) is 8.08. The Balaban J connectivity index is 1.25. The average Bonchev–Trinajstić information content (AvgIpc) is 3.57. The molecule has 9 aromatic rings. The van der Waals surface area contributed by atoms with Crippen molar-refractivity contribution in [1.82, 2.24) is 9.97 Å². The molecule has 10 rings (SSSR count). The summed E-state index contributed by atoms with van der Waals surface area (Å²) in [6.45, 7) is 0. The SMILES string of the molecule is c1ccc(-c2ccc(-c3cc(-c4cc5c(cc4-c4ccccc4)C(c4ccccc4)(c4ccccc4)c4ccccc4-5)nc(-c4ccccc4)n3)cc2)cc1. The molecule has 2 heteroatoms. The molecule has 2 nitrogen and oxygen atoms in total. The third kappa shape index (κ3) is 5.59. The summed E-state index contributed by atoms with van der Waals surface area (Å²) in [7, 11) is 0. The van der Waals surface area contributed by atoms with Crippen molar-refractivity contribution in [1.29, 1.82) is 0 Å². The Morgan fingerprint density at radius 2 is 0.745 bits per heavy atom. The highest BCUT2D eigenvalue weighted by atomic mass is 14.9. The zero-order chi connectivity index (χ0) is 36.6. The predicted molar refractivity (Wildman–Crippen MR) is 227 cm³/mol. The van der Waals surface area contributed by atoms with Gasteiger partial charge in [-0.2, -0.15) is 0 Å². The van der Waals surface area contributed by atoms with Gasteiger partial charge in [-0.05, 0) is 73.8 Å². The maximum atomic E-state index is 5.37. The fourth-order valence-electron chi connectivity index (χ4n) is 8.47. The van der Waals surface area contributed by atoms with Gasteiger partial charge in [-0.25, -0.2) is 9.97 Å². The average molecular weight is 701 g/mol. The molecule has 0 atom stereocenters. The number of hydrogen-bond acceptors (Lipinski definition) is 2. The van der Waals surface area contributed by atoms with E-state index < -0.39 is 5.41 Å². The van der Waals surface area contributed by atoms with Gasteiger partial charge in [0.25, 0.3) is 0 Å². The maximum Gasteiger partial charge on any atom is 0.160 e. The summed E-state index contributed by atoms with van der Waals surface area (Å²) in [5, 5.41) is 0. The van der Waals surface area contributed by atoms with Crippen molar-refractivity contribution in [2.45, 2.75) is 5.41 Å². The van der Waals surface area contributed by atoms with Crippen LogP contribution in [0.4, 0.5) is 0 Å². The first-order chi connectivity index (χ1) is 27.3. The van der Waals surface area contributed by atoms with E-state index in [2.05, 4.69) is 200 Å². The van der Waals surface area contributed by atoms with Crippen molar-refractivity contribution in [2.24, 2.45) is 0 Å². The quantitative estimate of drug-likeness (QED) is 0.165. The van der Waals surface area contributed by atoms with Gasteiger partial charge in [0.05, 0.1) is 16.8 Å². The molecule has 258 valence electrons. The summed E-state index contributed by atoms with van der Waals surface area (Å²) in [4.78, 5) is 10.6. The molecular weight excluding hydrogens is 665 g/mol. The van der Waals surface area contributed by atoms with Crippen LogP contribution in [0.25, 0.3) is 67.3 Å². The minimum absolute atomic E-state index is 0.511. The van der Waals surface area contributed by atoms with Gasteiger partial charge in [-0.3, -0.25) is 0 Å². The maximum absolute atomic E-state index is 5.37. The highest BCUT2D eigenvalue weighted by molar-refractivity contribution is 5.95. The van der Waals surface area contributed by atoms with E-state index in [9.17, 15) is 0 Å². The number of fused-ring (bicyclic) bond motifs is 3. The molecule has 0 aliphatic heterocycles. The normalized spacial score (nSPS) is 12.5. The van der Waals surface area contributed by atoms with Crippen LogP contribution in [0.2, 0.25) is 0 Å². The number of aromatic nitrogens is 2. The molecule has 0 saturated heterocycles. The molecule has 0 spiro atoms. The number of hydrogen-bond donors (Lipinski definition) is 0. The van der Waals surface area contributed by atoms with Crippen molar-refractivity contribution in [3.05, 3.63) is 241 Å². The lowest BCUT2D eigenvalue weighted by Gasteiger charge is -2.34. The second-order valence-electron chi connectivity index (χ2n) is 14.1. The first kappa shape index (κ1) is 32.5. The third-order valence-electron chi connectivity index (χ3n) is 11.0. The monoisotopic (exact) mass is 700 g/mol. The fraction of sp³-hybridized carbons (Fsp3) is 0.0189. The molecule has 1 aromatic heterocycles. The van der Waals surface area contributed by atoms with E-state index >= 15 is 0 Å². The molecule has 0 fully saturated rings. The summed E-state index contributed by atoms with van der Waals surface area (Å²) in [5.74, 6) is 0.697. The minimum atomic E-state index is -0.511. The van der Waals surface area contributed by atoms with Crippen LogP contribution in [0.5, 0.6) is 0 Å². The van der Waals surface area contributed by atoms with Crippen LogP contribution in [-0.4, -0.2) is 9.97 Å². The summed E-state index contributed by atoms with van der Waals surface area (Å²) >= 11 is 0. The first-order valence-corrected chi connectivity index (χ1v) is 18.8. The van der Waals surface area contributed by atoms with Crippen LogP contribution in [0.3, 0.4) is 0 Å². The Morgan fingerprint density at radius 1 is 0.273 bits per heavy atom. The number of benzene rings is 8. The van der Waals surface area contributed by atoms with Gasteiger partial charge in [-0.15, -0.1) is 0 Å². The summed E-state index contributed by atoms with van der Waals surface area (Å²) in [5.41, 5.74) is 16.5. The van der Waals surface area contributed by atoms with Crippen LogP contribution in [0.15, 0.2) is 218 Å². The second-order valence-corrected chi connectivity index (χ2v) is 14.1. The molecule has 0 radical (unpaired) electrons. The van der Waals surface area contributed by atoms with Gasteiger partial charge in [0.15, 0.2) is 5.82 Å². The summed E-state index contributed by atoms with van der Waals surface area (Å²) in [6.07, 6.45) is 0. The third-order valence-corrected chi connectivity index (χ3v) is 11.0. The van der Waals surface area contributed by atoms with Crippen LogP contribution < -0.4 is 0 Å². The van der Waals surface area contributed by atoms with Gasteiger partial charge in [0.1, 0.15) is 0 Å². The fourth-order valence-corrected chi connectivity index (χ4v) is 8.47. The van der Waals surface area contributed by atoms with E-state index in [-0.39, 0.29) is 0 Å². The van der Waals surface area contributed by atoms with Crippen molar-refractivity contribution in [3.8, 4) is 67.3 Å². The Labute approximate surface area is 322 Å². The van der Waals surface area contributed by atoms with Crippen molar-refractivity contribution in [3.63, 3.8) is 0 Å². The molecule has 0 bridgehead atoms. The zero-order valence-corrected chi connectivity index (χ0v) is 30.2. The molecule has 55 heavy (non-hydrogen) atoms. The van der Waals surface area contributed by atoms with Crippen molar-refractivity contribution >= 4 is 0 Å². The summed E-state index contributed by atoms with van der Waals surface area (Å²) in [6, 6.07) is 78.2. The van der Waals surface area contributed by atoms with E-state index in [0.717, 1.165) is 39.2 Å². The van der Waals surface area contributed by atoms with E-state index in [1.54, 1.807) is 0 Å². The molecule has 0 N–H and O–H groups in total. The number of rotatable bonds is 7. The molecule has 0 unspecified atom stereocenters. The zero-order valence-electron chi connectivity index (χ0n) is 30.2. The van der Waals surface area contributed by atoms with Crippen LogP contribution in [0, 0.1) is 0 Å². The lowest BCUT2D eigenvalue weighted by Crippen LogP contribution is -2.28. The molecule has 8 aromatic carbocycles. The van der Waals surface area contributed by atoms with E-state index in [0.29, 0.717) is 5.82 Å². The van der Waals surface area contributed by atoms with Gasteiger partial charge in [-0.1, -0.05) is 200 Å². The molecular formula is C53H36N2. The minimum Gasteiger partial charge on any atom is -0.228 e. The Morgan fingerprint density at radius 3 is 1.36 bits per heavy atom. The lowest BCUT2D eigenvalue weighted by molar-refractivity contribution is 0.769. The first-order valence-electron chi connectivity index (χ1n) is 18.8. The highest BCUT2D eigenvalue weighted by Gasteiger charge is 2.46. The smallest absolute Gasteiger partial charge is 0.160 e. The van der Waals surface area contributed by atoms with E-state index in [4.69, 9.17) is 9.97 Å². The Bertz CT molecular complexity index is 2720. The van der Waals surface area contributed by atoms with Gasteiger partial charge >= 0.3 is 0 Å². The second kappa shape index (κ2) is 13.7. The van der Waals surface area contributed by atoms with Crippen molar-refractivity contribution in [2.75, 3.05) is 0 Å². The number of nitrogens with zero attached hydrogens (tertiary/aromatic N) is 2. The van der Waals surface area contributed by atoms with Crippen LogP contribution >= 0.6 is 0 Å². The molecule has 1 aliphatic carbocycles. The van der Waals surface area contributed by atoms with Gasteiger partial charge in [0.2, 0.25) is 0 Å². The lowest BCUT2D eigenvalue weighted by atomic mass is 9.67. The molecule has 0 saturated carbocycles. The topological polar surface area (TPSA) is 25.8 Å². The van der Waals surface area contributed by atoms with Gasteiger partial charge < -0.3 is 0 Å². The van der Waals surface area contributed by atoms with E-state index in [1.807, 2.05) is 18.2 Å². The van der Waals surface area contributed by atoms with Crippen LogP contribution in [0.1, 0.15) is 22.3 Å². The van der Waals surface area contributed by atoms with E-state index in [1.165, 1.54) is 44.5 Å². The Hall–Kier alpha value is -7.16. The molecule has 0 amide bonds. The predicted octanol–water partition coefficient (Wildman–Crippen LogP) is 13.2. The van der Waals surface area contributed by atoms with Crippen molar-refractivity contribution < 1.29 is 0 Å². The van der Waals surface area contributed by atoms with Crippen LogP contribution in [-0.2, 0) is 5.41 Å². The largest absolute Gasteiger partial charge is 0.228 e. The standard InChI is InChI=1S/C53H36N2/c1-6-18-37(19-7-1)38-30-32-40(33-31-38)50-36-51(55-52(54-50)41-22-10-3-11-23-41)47-34-46-44-28-16-17-29-48(44)53(42-24-12-4-13-25-42,43-26-14-5-15-27-43)49(46)35-45(47)39-20-8-2-9-21-39/h1-36H. The molecule has 1 heterocycles. The molecule has 1 aliphatic rings.